The van der Waals surface area contributed by atoms with E-state index in [1.54, 1.807) is 0 Å². The third-order valence-corrected chi connectivity index (χ3v) is 2.16. The van der Waals surface area contributed by atoms with Crippen molar-refractivity contribution in [2.75, 3.05) is 0 Å². The molecule has 0 radical (unpaired) electrons. The third-order valence-electron chi connectivity index (χ3n) is 2.16. The first-order chi connectivity index (χ1) is 5.20. The zero-order chi connectivity index (χ0) is 8.69. The Morgan fingerprint density at radius 2 is 1.91 bits per heavy atom. The average molecular weight is 154 g/mol. The van der Waals surface area contributed by atoms with Crippen LogP contribution in [0.2, 0.25) is 0 Å². The zero-order valence-corrected chi connectivity index (χ0v) is 8.27. The van der Waals surface area contributed by atoms with E-state index in [1.165, 1.54) is 25.7 Å². The highest BCUT2D eigenvalue weighted by molar-refractivity contribution is 4.71. The molecule has 0 N–H and O–H groups in total. The molecule has 0 saturated carbocycles. The summed E-state index contributed by atoms with van der Waals surface area (Å²) in [5.74, 6) is 1.73. The van der Waals surface area contributed by atoms with Gasteiger partial charge >= 0.3 is 0 Å². The van der Waals surface area contributed by atoms with Crippen molar-refractivity contribution in [3.63, 3.8) is 0 Å². The van der Waals surface area contributed by atoms with Crippen LogP contribution in [-0.4, -0.2) is 0 Å². The van der Waals surface area contributed by atoms with Crippen LogP contribution in [0.15, 0.2) is 12.7 Å². The predicted octanol–water partition coefficient (Wildman–Crippen LogP) is 4.02. The van der Waals surface area contributed by atoms with Crippen molar-refractivity contribution in [1.29, 1.82) is 0 Å². The van der Waals surface area contributed by atoms with Gasteiger partial charge in [-0.05, 0) is 24.7 Å². The molecule has 0 aromatic carbocycles. The van der Waals surface area contributed by atoms with E-state index in [4.69, 9.17) is 0 Å². The topological polar surface area (TPSA) is 0 Å². The van der Waals surface area contributed by atoms with Gasteiger partial charge in [0.05, 0.1) is 0 Å². The summed E-state index contributed by atoms with van der Waals surface area (Å²) < 4.78 is 0. The van der Waals surface area contributed by atoms with Crippen molar-refractivity contribution < 1.29 is 0 Å². The molecule has 0 aliphatic carbocycles. The second-order valence-electron chi connectivity index (χ2n) is 3.76. The molecule has 0 fully saturated rings. The number of allylic oxidation sites excluding steroid dienone is 1. The highest BCUT2D eigenvalue weighted by Gasteiger charge is 2.05. The zero-order valence-electron chi connectivity index (χ0n) is 8.27. The second kappa shape index (κ2) is 6.45. The van der Waals surface area contributed by atoms with Crippen LogP contribution in [0.3, 0.4) is 0 Å². The van der Waals surface area contributed by atoms with E-state index < -0.39 is 0 Å². The first kappa shape index (κ1) is 10.7. The molecule has 2 unspecified atom stereocenters. The summed E-state index contributed by atoms with van der Waals surface area (Å²) in [6.07, 6.45) is 7.26. The van der Waals surface area contributed by atoms with Crippen molar-refractivity contribution in [2.45, 2.75) is 46.5 Å². The van der Waals surface area contributed by atoms with Crippen molar-refractivity contribution in [1.82, 2.24) is 0 Å². The van der Waals surface area contributed by atoms with E-state index in [9.17, 15) is 0 Å². The van der Waals surface area contributed by atoms with Gasteiger partial charge in [0.25, 0.3) is 0 Å². The van der Waals surface area contributed by atoms with Crippen LogP contribution in [-0.2, 0) is 0 Å². The molecule has 0 aromatic rings. The second-order valence-corrected chi connectivity index (χ2v) is 3.76. The van der Waals surface area contributed by atoms with Gasteiger partial charge in [-0.25, -0.2) is 0 Å². The summed E-state index contributed by atoms with van der Waals surface area (Å²) in [6.45, 7) is 10.7. The lowest BCUT2D eigenvalue weighted by molar-refractivity contribution is 0.394. The van der Waals surface area contributed by atoms with E-state index in [1.807, 2.05) is 6.08 Å². The lowest BCUT2D eigenvalue weighted by Crippen LogP contribution is -2.01. The van der Waals surface area contributed by atoms with Gasteiger partial charge in [0, 0.05) is 0 Å². The van der Waals surface area contributed by atoms with Gasteiger partial charge in [0.2, 0.25) is 0 Å². The van der Waals surface area contributed by atoms with Gasteiger partial charge in [-0.15, -0.1) is 6.58 Å². The van der Waals surface area contributed by atoms with Crippen LogP contribution >= 0.6 is 0 Å². The smallest absolute Gasteiger partial charge is 0.0327 e. The largest absolute Gasteiger partial charge is 0.103 e. The van der Waals surface area contributed by atoms with Gasteiger partial charge < -0.3 is 0 Å². The summed E-state index contributed by atoms with van der Waals surface area (Å²) in [7, 11) is 0. The molecule has 0 aromatic heterocycles. The first-order valence-corrected chi connectivity index (χ1v) is 4.81. The van der Waals surface area contributed by atoms with Crippen LogP contribution in [0.25, 0.3) is 0 Å². The number of rotatable bonds is 6. The van der Waals surface area contributed by atoms with Gasteiger partial charge in [0.15, 0.2) is 0 Å². The Balaban J connectivity index is 3.39. The molecule has 0 heteroatoms. The van der Waals surface area contributed by atoms with E-state index >= 15 is 0 Å². The third kappa shape index (κ3) is 6.15. The van der Waals surface area contributed by atoms with E-state index in [0.29, 0.717) is 0 Å². The molecule has 0 heterocycles. The maximum absolute atomic E-state index is 3.75. The molecule has 11 heavy (non-hydrogen) atoms. The summed E-state index contributed by atoms with van der Waals surface area (Å²) >= 11 is 0. The molecule has 2 atom stereocenters. The molecule has 0 nitrogen and oxygen atoms in total. The minimum Gasteiger partial charge on any atom is -0.103 e. The Morgan fingerprint density at radius 1 is 1.27 bits per heavy atom. The van der Waals surface area contributed by atoms with Gasteiger partial charge in [-0.2, -0.15) is 0 Å². The number of hydrogen-bond donors (Lipinski definition) is 0. The normalized spacial score (nSPS) is 15.9. The number of hydrogen-bond acceptors (Lipinski definition) is 0. The monoisotopic (exact) mass is 154 g/mol. The molecule has 66 valence electrons. The lowest BCUT2D eigenvalue weighted by Gasteiger charge is -2.14. The van der Waals surface area contributed by atoms with E-state index in [2.05, 4.69) is 27.4 Å². The van der Waals surface area contributed by atoms with Crippen LogP contribution in [0.5, 0.6) is 0 Å². The SMILES string of the molecule is C=CCC(C)CC(C)CCC. The highest BCUT2D eigenvalue weighted by atomic mass is 14.1. The fourth-order valence-corrected chi connectivity index (χ4v) is 1.68. The summed E-state index contributed by atoms with van der Waals surface area (Å²) in [6, 6.07) is 0. The fourth-order valence-electron chi connectivity index (χ4n) is 1.68. The van der Waals surface area contributed by atoms with Gasteiger partial charge in [-0.1, -0.05) is 39.7 Å². The maximum Gasteiger partial charge on any atom is -0.0327 e. The quantitative estimate of drug-likeness (QED) is 0.507. The predicted molar refractivity (Wildman–Crippen MR) is 52.7 cm³/mol. The van der Waals surface area contributed by atoms with E-state index in [0.717, 1.165) is 11.8 Å². The molecule has 0 amide bonds. The molecule has 0 spiro atoms. The Morgan fingerprint density at radius 3 is 2.36 bits per heavy atom. The Hall–Kier alpha value is -0.260. The van der Waals surface area contributed by atoms with Crippen LogP contribution in [0.1, 0.15) is 46.5 Å². The highest BCUT2D eigenvalue weighted by Crippen LogP contribution is 2.18. The molecular weight excluding hydrogens is 132 g/mol. The lowest BCUT2D eigenvalue weighted by atomic mass is 9.92. The Labute approximate surface area is 71.7 Å². The summed E-state index contributed by atoms with van der Waals surface area (Å²) in [5.41, 5.74) is 0. The van der Waals surface area contributed by atoms with Gasteiger partial charge in [0.1, 0.15) is 0 Å². The Bertz CT molecular complexity index is 94.2. The molecule has 0 saturated heterocycles. The molecule has 0 aliphatic heterocycles. The molecule has 0 aliphatic rings. The Kier molecular flexibility index (Phi) is 6.30. The average Bonchev–Trinajstić information content (AvgIpc) is 1.87. The first-order valence-electron chi connectivity index (χ1n) is 4.81. The molecule has 0 bridgehead atoms. The summed E-state index contributed by atoms with van der Waals surface area (Å²) in [4.78, 5) is 0. The molecule has 0 rings (SSSR count). The van der Waals surface area contributed by atoms with Crippen molar-refractivity contribution in [2.24, 2.45) is 11.8 Å². The minimum atomic E-state index is 0.828. The standard InChI is InChI=1S/C11H22/c1-5-7-10(3)9-11(4)8-6-2/h5,10-11H,1,6-9H2,2-4H3. The van der Waals surface area contributed by atoms with Crippen LogP contribution in [0, 0.1) is 11.8 Å². The molecular formula is C11H22. The maximum atomic E-state index is 3.75. The summed E-state index contributed by atoms with van der Waals surface area (Å²) in [5, 5.41) is 0. The van der Waals surface area contributed by atoms with Crippen molar-refractivity contribution >= 4 is 0 Å². The van der Waals surface area contributed by atoms with Crippen molar-refractivity contribution in [3.8, 4) is 0 Å². The van der Waals surface area contributed by atoms with E-state index in [-0.39, 0.29) is 0 Å². The van der Waals surface area contributed by atoms with Crippen LogP contribution in [0.4, 0.5) is 0 Å². The van der Waals surface area contributed by atoms with Crippen molar-refractivity contribution in [3.05, 3.63) is 12.7 Å². The van der Waals surface area contributed by atoms with Gasteiger partial charge in [-0.3, -0.25) is 0 Å². The van der Waals surface area contributed by atoms with Crippen LogP contribution < -0.4 is 0 Å². The fraction of sp³-hybridized carbons (Fsp3) is 0.818. The minimum absolute atomic E-state index is 0.828.